The quantitative estimate of drug-likeness (QED) is 0.353. The first-order valence-electron chi connectivity index (χ1n) is 8.69. The molecule has 0 saturated carbocycles. The fraction of sp³-hybridized carbons (Fsp3) is 0.647. The van der Waals surface area contributed by atoms with E-state index >= 15 is 0 Å². The van der Waals surface area contributed by atoms with Gasteiger partial charge in [-0.05, 0) is 38.3 Å². The van der Waals surface area contributed by atoms with Gasteiger partial charge < -0.3 is 20.1 Å². The topological polar surface area (TPSA) is 67.8 Å². The molecule has 6 nitrogen and oxygen atoms in total. The number of halogens is 3. The molecule has 0 radical (unpaired) electrons. The largest absolute Gasteiger partial charge is 0.468 e. The summed E-state index contributed by atoms with van der Waals surface area (Å²) in [5, 5.41) is 6.34. The Morgan fingerprint density at radius 3 is 2.73 bits per heavy atom. The Morgan fingerprint density at radius 1 is 1.23 bits per heavy atom. The Morgan fingerprint density at radius 2 is 2.04 bits per heavy atom. The van der Waals surface area contributed by atoms with E-state index < -0.39 is 12.8 Å². The third-order valence-corrected chi connectivity index (χ3v) is 3.16. The van der Waals surface area contributed by atoms with Gasteiger partial charge >= 0.3 is 6.18 Å². The molecule has 0 atom stereocenters. The molecule has 0 spiro atoms. The number of alkyl halides is 3. The molecule has 0 aliphatic rings. The van der Waals surface area contributed by atoms with Crippen LogP contribution in [0.2, 0.25) is 0 Å². The van der Waals surface area contributed by atoms with Gasteiger partial charge in [0.2, 0.25) is 5.88 Å². The van der Waals surface area contributed by atoms with Crippen molar-refractivity contribution in [3.8, 4) is 5.88 Å². The number of guanidine groups is 1. The summed E-state index contributed by atoms with van der Waals surface area (Å²) in [6.45, 7) is 5.80. The first-order chi connectivity index (χ1) is 12.4. The van der Waals surface area contributed by atoms with Crippen LogP contribution in [0.5, 0.6) is 5.88 Å². The number of ether oxygens (including phenoxy) is 2. The summed E-state index contributed by atoms with van der Waals surface area (Å²) in [5.74, 6) is 0.586. The molecule has 9 heteroatoms. The normalized spacial score (nSPS) is 12.1. The second kappa shape index (κ2) is 12.3. The van der Waals surface area contributed by atoms with Gasteiger partial charge in [0.15, 0.2) is 12.6 Å². The summed E-state index contributed by atoms with van der Waals surface area (Å²) < 4.78 is 46.5. The molecule has 0 saturated heterocycles. The van der Waals surface area contributed by atoms with Crippen molar-refractivity contribution in [2.45, 2.75) is 39.4 Å². The second-order valence-corrected chi connectivity index (χ2v) is 5.43. The van der Waals surface area contributed by atoms with Crippen LogP contribution in [0.15, 0.2) is 23.3 Å². The van der Waals surface area contributed by atoms with Crippen molar-refractivity contribution >= 4 is 5.96 Å². The Kier molecular flexibility index (Phi) is 10.5. The van der Waals surface area contributed by atoms with Crippen molar-refractivity contribution in [2.24, 2.45) is 4.99 Å². The zero-order chi connectivity index (χ0) is 19.3. The number of nitrogens with zero attached hydrogens (tertiary/aromatic N) is 2. The molecular weight excluding hydrogens is 349 g/mol. The number of unbranched alkanes of at least 4 members (excludes halogenated alkanes) is 1. The Balaban J connectivity index is 2.49. The first kappa shape index (κ1) is 22.0. The van der Waals surface area contributed by atoms with E-state index in [1.165, 1.54) is 12.3 Å². The summed E-state index contributed by atoms with van der Waals surface area (Å²) in [7, 11) is 0. The Bertz CT molecular complexity index is 539. The Labute approximate surface area is 152 Å². The molecule has 1 heterocycles. The minimum Gasteiger partial charge on any atom is -0.468 e. The van der Waals surface area contributed by atoms with Gasteiger partial charge in [-0.2, -0.15) is 13.2 Å². The molecule has 0 aliphatic carbocycles. The molecule has 148 valence electrons. The lowest BCUT2D eigenvalue weighted by atomic mass is 10.3. The van der Waals surface area contributed by atoms with Crippen molar-refractivity contribution in [3.05, 3.63) is 23.9 Å². The first-order valence-corrected chi connectivity index (χ1v) is 8.69. The summed E-state index contributed by atoms with van der Waals surface area (Å²) >= 11 is 0. The average Bonchev–Trinajstić information content (AvgIpc) is 2.60. The SMILES string of the molecule is CCNC(=NCc1ccnc(OCC(F)(F)F)c1)NCCCCOCC. The molecule has 0 fully saturated rings. The van der Waals surface area contributed by atoms with Crippen LogP contribution in [0.4, 0.5) is 13.2 Å². The predicted molar refractivity (Wildman–Crippen MR) is 94.3 cm³/mol. The van der Waals surface area contributed by atoms with Crippen molar-refractivity contribution in [3.63, 3.8) is 0 Å². The molecule has 0 unspecified atom stereocenters. The molecular formula is C17H27F3N4O2. The van der Waals surface area contributed by atoms with Crippen LogP contribution in [0.3, 0.4) is 0 Å². The average molecular weight is 376 g/mol. The number of rotatable bonds is 11. The van der Waals surface area contributed by atoms with Gasteiger partial charge in [-0.25, -0.2) is 9.98 Å². The van der Waals surface area contributed by atoms with Gasteiger partial charge in [0.25, 0.3) is 0 Å². The van der Waals surface area contributed by atoms with Crippen LogP contribution < -0.4 is 15.4 Å². The van der Waals surface area contributed by atoms with Gasteiger partial charge in [-0.3, -0.25) is 0 Å². The lowest BCUT2D eigenvalue weighted by Crippen LogP contribution is -2.37. The van der Waals surface area contributed by atoms with Crippen molar-refractivity contribution in [1.29, 1.82) is 0 Å². The fourth-order valence-corrected chi connectivity index (χ4v) is 1.98. The number of aromatic nitrogens is 1. The van der Waals surface area contributed by atoms with Crippen LogP contribution in [0.1, 0.15) is 32.3 Å². The van der Waals surface area contributed by atoms with E-state index in [0.29, 0.717) is 24.6 Å². The molecule has 1 rings (SSSR count). The molecule has 0 aromatic carbocycles. The predicted octanol–water partition coefficient (Wildman–Crippen LogP) is 2.89. The monoisotopic (exact) mass is 376 g/mol. The third kappa shape index (κ3) is 10.8. The molecule has 1 aromatic rings. The van der Waals surface area contributed by atoms with Crippen LogP contribution >= 0.6 is 0 Å². The fourth-order valence-electron chi connectivity index (χ4n) is 1.98. The van der Waals surface area contributed by atoms with E-state index in [1.54, 1.807) is 6.07 Å². The summed E-state index contributed by atoms with van der Waals surface area (Å²) in [6.07, 6.45) is -1.07. The van der Waals surface area contributed by atoms with Gasteiger partial charge in [-0.1, -0.05) is 0 Å². The number of hydrogen-bond acceptors (Lipinski definition) is 4. The summed E-state index contributed by atoms with van der Waals surface area (Å²) in [4.78, 5) is 8.20. The van der Waals surface area contributed by atoms with E-state index in [2.05, 4.69) is 25.3 Å². The lowest BCUT2D eigenvalue weighted by Gasteiger charge is -2.12. The van der Waals surface area contributed by atoms with E-state index in [9.17, 15) is 13.2 Å². The number of nitrogens with one attached hydrogen (secondary N) is 2. The van der Waals surface area contributed by atoms with Crippen LogP contribution in [0, 0.1) is 0 Å². The zero-order valence-corrected chi connectivity index (χ0v) is 15.2. The van der Waals surface area contributed by atoms with E-state index in [0.717, 1.165) is 32.6 Å². The summed E-state index contributed by atoms with van der Waals surface area (Å²) in [5.41, 5.74) is 0.714. The molecule has 0 amide bonds. The van der Waals surface area contributed by atoms with Gasteiger partial charge in [0, 0.05) is 38.6 Å². The number of aliphatic imine (C=N–C) groups is 1. The maximum Gasteiger partial charge on any atom is 0.422 e. The van der Waals surface area contributed by atoms with E-state index in [4.69, 9.17) is 4.74 Å². The second-order valence-electron chi connectivity index (χ2n) is 5.43. The highest BCUT2D eigenvalue weighted by Crippen LogP contribution is 2.17. The summed E-state index contributed by atoms with van der Waals surface area (Å²) in [6, 6.07) is 3.15. The highest BCUT2D eigenvalue weighted by molar-refractivity contribution is 5.79. The molecule has 26 heavy (non-hydrogen) atoms. The third-order valence-electron chi connectivity index (χ3n) is 3.16. The van der Waals surface area contributed by atoms with Gasteiger partial charge in [0.05, 0.1) is 6.54 Å². The standard InChI is InChI=1S/C17H27F3N4O2/c1-3-21-16(23-8-5-6-10-25-4-2)24-12-14-7-9-22-15(11-14)26-13-17(18,19)20/h7,9,11H,3-6,8,10,12-13H2,1-2H3,(H2,21,23,24). The molecule has 1 aromatic heterocycles. The zero-order valence-electron chi connectivity index (χ0n) is 15.2. The van der Waals surface area contributed by atoms with Crippen molar-refractivity contribution < 1.29 is 22.6 Å². The van der Waals surface area contributed by atoms with E-state index in [-0.39, 0.29) is 5.88 Å². The highest BCUT2D eigenvalue weighted by Gasteiger charge is 2.28. The molecule has 2 N–H and O–H groups in total. The highest BCUT2D eigenvalue weighted by atomic mass is 19.4. The minimum atomic E-state index is -4.39. The Hall–Kier alpha value is -2.03. The smallest absolute Gasteiger partial charge is 0.422 e. The minimum absolute atomic E-state index is 0.0658. The number of pyridine rings is 1. The van der Waals surface area contributed by atoms with Crippen LogP contribution in [-0.4, -0.2) is 50.0 Å². The van der Waals surface area contributed by atoms with Gasteiger partial charge in [-0.15, -0.1) is 0 Å². The van der Waals surface area contributed by atoms with Crippen LogP contribution in [0.25, 0.3) is 0 Å². The number of hydrogen-bond donors (Lipinski definition) is 2. The lowest BCUT2D eigenvalue weighted by molar-refractivity contribution is -0.154. The molecule has 0 bridgehead atoms. The van der Waals surface area contributed by atoms with Crippen molar-refractivity contribution in [1.82, 2.24) is 15.6 Å². The maximum atomic E-state index is 12.2. The maximum absolute atomic E-state index is 12.2. The van der Waals surface area contributed by atoms with Crippen LogP contribution in [-0.2, 0) is 11.3 Å². The molecule has 0 aliphatic heterocycles. The van der Waals surface area contributed by atoms with Crippen molar-refractivity contribution in [2.75, 3.05) is 32.9 Å². The van der Waals surface area contributed by atoms with E-state index in [1.807, 2.05) is 13.8 Å². The van der Waals surface area contributed by atoms with Gasteiger partial charge in [0.1, 0.15) is 0 Å².